The molecule has 1 rings (SSSR count). The molecule has 1 heteroatoms. The van der Waals surface area contributed by atoms with E-state index in [1.165, 1.54) is 31.3 Å². The normalized spacial score (nSPS) is 29.9. The van der Waals surface area contributed by atoms with E-state index in [-0.39, 0.29) is 0 Å². The topological polar surface area (TPSA) is 9.23 Å². The molecule has 0 bridgehead atoms. The minimum atomic E-state index is 0.513. The Labute approximate surface area is 75.8 Å². The van der Waals surface area contributed by atoms with Crippen molar-refractivity contribution in [3.8, 4) is 0 Å². The molecule has 1 fully saturated rings. The second-order valence-corrected chi connectivity index (χ2v) is 4.03. The van der Waals surface area contributed by atoms with Crippen molar-refractivity contribution in [3.05, 3.63) is 11.6 Å². The summed E-state index contributed by atoms with van der Waals surface area (Å²) in [5.74, 6) is 0.772. The van der Waals surface area contributed by atoms with Gasteiger partial charge in [0, 0.05) is 7.11 Å². The summed E-state index contributed by atoms with van der Waals surface area (Å²) in [4.78, 5) is 0. The van der Waals surface area contributed by atoms with E-state index < -0.39 is 0 Å². The van der Waals surface area contributed by atoms with E-state index in [0.717, 1.165) is 5.92 Å². The zero-order valence-electron chi connectivity index (χ0n) is 8.47. The Morgan fingerprint density at radius 3 is 2.67 bits per heavy atom. The van der Waals surface area contributed by atoms with Crippen molar-refractivity contribution in [3.63, 3.8) is 0 Å². The summed E-state index contributed by atoms with van der Waals surface area (Å²) in [6.07, 6.45) is 8.06. The number of rotatable bonds is 2. The van der Waals surface area contributed by atoms with Crippen LogP contribution in [0.3, 0.4) is 0 Å². The molecule has 0 aliphatic heterocycles. The van der Waals surface area contributed by atoms with E-state index in [1.54, 1.807) is 0 Å². The fraction of sp³-hybridized carbons (Fsp3) is 0.818. The maximum Gasteiger partial charge on any atom is 0.0577 e. The second kappa shape index (κ2) is 4.66. The van der Waals surface area contributed by atoms with Crippen molar-refractivity contribution in [2.75, 3.05) is 7.11 Å². The van der Waals surface area contributed by atoms with Gasteiger partial charge in [-0.25, -0.2) is 0 Å². The predicted molar refractivity (Wildman–Crippen MR) is 52.2 cm³/mol. The van der Waals surface area contributed by atoms with Gasteiger partial charge in [0.2, 0.25) is 0 Å². The Balaban J connectivity index is 2.40. The molecule has 1 aliphatic rings. The van der Waals surface area contributed by atoms with Crippen LogP contribution in [0.25, 0.3) is 0 Å². The molecule has 1 saturated carbocycles. The number of allylic oxidation sites excluding steroid dienone is 2. The first kappa shape index (κ1) is 9.79. The molecule has 12 heavy (non-hydrogen) atoms. The van der Waals surface area contributed by atoms with E-state index >= 15 is 0 Å². The van der Waals surface area contributed by atoms with Gasteiger partial charge in [0.05, 0.1) is 6.10 Å². The highest BCUT2D eigenvalue weighted by molar-refractivity contribution is 4.99. The fourth-order valence-electron chi connectivity index (χ4n) is 2.02. The van der Waals surface area contributed by atoms with Crippen LogP contribution in [0, 0.1) is 5.92 Å². The van der Waals surface area contributed by atoms with Gasteiger partial charge in [-0.1, -0.05) is 18.1 Å². The highest BCUT2D eigenvalue weighted by Gasteiger charge is 2.19. The van der Waals surface area contributed by atoms with Gasteiger partial charge in [0.15, 0.2) is 0 Å². The van der Waals surface area contributed by atoms with Gasteiger partial charge in [0.25, 0.3) is 0 Å². The third-order valence-corrected chi connectivity index (χ3v) is 2.57. The first-order chi connectivity index (χ1) is 5.72. The molecule has 0 radical (unpaired) electrons. The van der Waals surface area contributed by atoms with Crippen LogP contribution < -0.4 is 0 Å². The predicted octanol–water partition coefficient (Wildman–Crippen LogP) is 3.16. The molecule has 0 aromatic rings. The minimum absolute atomic E-state index is 0.513. The Bertz CT molecular complexity index is 156. The highest BCUT2D eigenvalue weighted by Crippen LogP contribution is 2.27. The molecule has 0 aromatic carbocycles. The van der Waals surface area contributed by atoms with Crippen molar-refractivity contribution in [1.29, 1.82) is 0 Å². The average molecular weight is 168 g/mol. The van der Waals surface area contributed by atoms with E-state index in [4.69, 9.17) is 4.74 Å². The van der Waals surface area contributed by atoms with E-state index in [0.29, 0.717) is 6.10 Å². The number of hydrogen-bond acceptors (Lipinski definition) is 1. The molecule has 1 aliphatic carbocycles. The van der Waals surface area contributed by atoms with Crippen LogP contribution in [0.1, 0.15) is 39.5 Å². The monoisotopic (exact) mass is 168 g/mol. The summed E-state index contributed by atoms with van der Waals surface area (Å²) in [6.45, 7) is 4.35. The molecule has 0 heterocycles. The van der Waals surface area contributed by atoms with Gasteiger partial charge in [-0.05, 0) is 39.0 Å². The van der Waals surface area contributed by atoms with Crippen LogP contribution >= 0.6 is 0 Å². The Morgan fingerprint density at radius 2 is 2.08 bits per heavy atom. The first-order valence-electron chi connectivity index (χ1n) is 4.90. The largest absolute Gasteiger partial charge is 0.381 e. The van der Waals surface area contributed by atoms with Crippen LogP contribution in [-0.2, 0) is 4.74 Å². The van der Waals surface area contributed by atoms with Crippen LogP contribution in [0.4, 0.5) is 0 Å². The second-order valence-electron chi connectivity index (χ2n) is 4.03. The third-order valence-electron chi connectivity index (χ3n) is 2.57. The van der Waals surface area contributed by atoms with Crippen LogP contribution in [-0.4, -0.2) is 13.2 Å². The molecular formula is C11H20O. The third kappa shape index (κ3) is 2.98. The van der Waals surface area contributed by atoms with E-state index in [9.17, 15) is 0 Å². The van der Waals surface area contributed by atoms with Gasteiger partial charge in [-0.2, -0.15) is 0 Å². The quantitative estimate of drug-likeness (QED) is 0.575. The van der Waals surface area contributed by atoms with Crippen molar-refractivity contribution >= 4 is 0 Å². The Hall–Kier alpha value is -0.300. The summed E-state index contributed by atoms with van der Waals surface area (Å²) in [7, 11) is 1.83. The maximum absolute atomic E-state index is 5.37. The van der Waals surface area contributed by atoms with E-state index in [1.807, 2.05) is 7.11 Å². The highest BCUT2D eigenvalue weighted by atomic mass is 16.5. The lowest BCUT2D eigenvalue weighted by Gasteiger charge is -2.26. The summed E-state index contributed by atoms with van der Waals surface area (Å²) in [5.41, 5.74) is 1.44. The summed E-state index contributed by atoms with van der Waals surface area (Å²) < 4.78 is 5.37. The lowest BCUT2D eigenvalue weighted by molar-refractivity contribution is 0.0588. The molecule has 0 aromatic heterocycles. The van der Waals surface area contributed by atoms with Gasteiger partial charge in [-0.3, -0.25) is 0 Å². The molecule has 0 unspecified atom stereocenters. The average Bonchev–Trinajstić information content (AvgIpc) is 2.03. The maximum atomic E-state index is 5.37. The van der Waals surface area contributed by atoms with Crippen molar-refractivity contribution in [2.24, 2.45) is 5.92 Å². The molecule has 0 spiro atoms. The fourth-order valence-corrected chi connectivity index (χ4v) is 2.02. The molecule has 2 atom stereocenters. The van der Waals surface area contributed by atoms with E-state index in [2.05, 4.69) is 19.9 Å². The van der Waals surface area contributed by atoms with Gasteiger partial charge < -0.3 is 4.74 Å². The van der Waals surface area contributed by atoms with Crippen molar-refractivity contribution < 1.29 is 4.74 Å². The van der Waals surface area contributed by atoms with Crippen LogP contribution in [0.15, 0.2) is 11.6 Å². The van der Waals surface area contributed by atoms with Gasteiger partial charge in [0.1, 0.15) is 0 Å². The molecule has 0 amide bonds. The molecule has 70 valence electrons. The van der Waals surface area contributed by atoms with Gasteiger partial charge >= 0.3 is 0 Å². The standard InChI is InChI=1S/C11H20O/c1-9(2)7-10-5-4-6-11(8-10)12-3/h7,10-11H,4-6,8H2,1-3H3/t10-,11-/m0/s1. The van der Waals surface area contributed by atoms with Crippen molar-refractivity contribution in [1.82, 2.24) is 0 Å². The summed E-state index contributed by atoms with van der Waals surface area (Å²) >= 11 is 0. The number of ether oxygens (including phenoxy) is 1. The van der Waals surface area contributed by atoms with Gasteiger partial charge in [-0.15, -0.1) is 0 Å². The van der Waals surface area contributed by atoms with Crippen LogP contribution in [0.2, 0.25) is 0 Å². The minimum Gasteiger partial charge on any atom is -0.381 e. The lowest BCUT2D eigenvalue weighted by atomic mass is 9.86. The molecule has 0 N–H and O–H groups in total. The molecule has 0 saturated heterocycles. The molecule has 1 nitrogen and oxygen atoms in total. The zero-order chi connectivity index (χ0) is 8.97. The SMILES string of the molecule is CO[C@H]1CCC[C@@H](C=C(C)C)C1. The first-order valence-corrected chi connectivity index (χ1v) is 4.90. The Morgan fingerprint density at radius 1 is 1.33 bits per heavy atom. The Kier molecular flexibility index (Phi) is 3.80. The number of methoxy groups -OCH3 is 1. The summed E-state index contributed by atoms with van der Waals surface area (Å²) in [5, 5.41) is 0. The van der Waals surface area contributed by atoms with Crippen LogP contribution in [0.5, 0.6) is 0 Å². The van der Waals surface area contributed by atoms with Crippen molar-refractivity contribution in [2.45, 2.75) is 45.6 Å². The molecular weight excluding hydrogens is 148 g/mol. The summed E-state index contributed by atoms with van der Waals surface area (Å²) in [6, 6.07) is 0. The smallest absolute Gasteiger partial charge is 0.0577 e. The number of hydrogen-bond donors (Lipinski definition) is 0. The zero-order valence-corrected chi connectivity index (χ0v) is 8.47. The lowest BCUT2D eigenvalue weighted by Crippen LogP contribution is -2.20.